The molecule has 1 aromatic rings. The van der Waals surface area contributed by atoms with Crippen LogP contribution in [-0.4, -0.2) is 136 Å². The van der Waals surface area contributed by atoms with Gasteiger partial charge in [0.25, 0.3) is 0 Å². The standard InChI is InChI=1S/C47H75N3O15/c1-35(2)42(53)32-38(36(3)51)14-10-11-23-48-45(56)34-64-31-28-61-25-13-15-39(52)33-63-30-29-62-27-24-49-43(54)22-21-41(47(59)60)50-44(55)16-9-7-5-4-6-8-12-26-65-40-19-17-37(18-20-40)46(57)58/h17-20,35,38,41H,4-16,21-34H2,1-3H3,(H,48,56)(H,49,54)(H,50,55)(H,57,58)(H,59,60)/t38-,41+/m1/s1. The number of hydrogen-bond donors (Lipinski definition) is 5. The summed E-state index contributed by atoms with van der Waals surface area (Å²) < 4.78 is 27.2. The third kappa shape index (κ3) is 32.5. The fourth-order valence-corrected chi connectivity index (χ4v) is 6.26. The van der Waals surface area contributed by atoms with Gasteiger partial charge in [-0.2, -0.15) is 0 Å². The number of hydrogen-bond acceptors (Lipinski definition) is 13. The summed E-state index contributed by atoms with van der Waals surface area (Å²) in [4.78, 5) is 95.0. The molecule has 18 nitrogen and oxygen atoms in total. The second kappa shape index (κ2) is 37.4. The van der Waals surface area contributed by atoms with Crippen molar-refractivity contribution in [2.24, 2.45) is 11.8 Å². The second-order valence-corrected chi connectivity index (χ2v) is 16.2. The van der Waals surface area contributed by atoms with E-state index in [0.717, 1.165) is 44.9 Å². The molecule has 0 fully saturated rings. The summed E-state index contributed by atoms with van der Waals surface area (Å²) >= 11 is 0. The van der Waals surface area contributed by atoms with E-state index >= 15 is 0 Å². The number of carbonyl (C=O) groups excluding carboxylic acids is 6. The minimum Gasteiger partial charge on any atom is -0.494 e. The number of ether oxygens (including phenoxy) is 5. The van der Waals surface area contributed by atoms with Crippen molar-refractivity contribution in [3.05, 3.63) is 29.8 Å². The van der Waals surface area contributed by atoms with Crippen LogP contribution < -0.4 is 20.7 Å². The number of Topliss-reactive ketones (excluding diaryl/α,β-unsaturated/α-hetero) is 3. The Morgan fingerprint density at radius 3 is 1.83 bits per heavy atom. The van der Waals surface area contributed by atoms with E-state index in [-0.39, 0.29) is 137 Å². The van der Waals surface area contributed by atoms with Gasteiger partial charge in [-0.05, 0) is 69.7 Å². The van der Waals surface area contributed by atoms with Gasteiger partial charge in [0.1, 0.15) is 36.6 Å². The minimum absolute atomic E-state index is 0.0160. The molecule has 0 aliphatic carbocycles. The lowest BCUT2D eigenvalue weighted by Crippen LogP contribution is -2.41. The molecule has 0 spiro atoms. The lowest BCUT2D eigenvalue weighted by Gasteiger charge is -2.14. The van der Waals surface area contributed by atoms with Gasteiger partial charge in [-0.25, -0.2) is 9.59 Å². The first-order valence-electron chi connectivity index (χ1n) is 23.1. The molecule has 18 heteroatoms. The smallest absolute Gasteiger partial charge is 0.335 e. The lowest BCUT2D eigenvalue weighted by molar-refractivity contribution is -0.142. The first kappa shape index (κ1) is 58.2. The van der Waals surface area contributed by atoms with Crippen LogP contribution in [0.15, 0.2) is 24.3 Å². The fraction of sp³-hybridized carbons (Fsp3) is 0.702. The number of carboxylic acids is 2. The predicted molar refractivity (Wildman–Crippen MR) is 241 cm³/mol. The first-order chi connectivity index (χ1) is 31.2. The van der Waals surface area contributed by atoms with E-state index in [9.17, 15) is 43.5 Å². The molecule has 3 amide bonds. The molecule has 0 heterocycles. The Morgan fingerprint density at radius 1 is 0.569 bits per heavy atom. The number of benzene rings is 1. The molecule has 1 rings (SSSR count). The normalized spacial score (nSPS) is 12.0. The summed E-state index contributed by atoms with van der Waals surface area (Å²) in [5.74, 6) is -2.87. The van der Waals surface area contributed by atoms with Crippen LogP contribution in [0, 0.1) is 11.8 Å². The number of nitrogens with one attached hydrogen (secondary N) is 3. The molecular formula is C47H75N3O15. The highest BCUT2D eigenvalue weighted by atomic mass is 16.5. The monoisotopic (exact) mass is 922 g/mol. The van der Waals surface area contributed by atoms with E-state index < -0.39 is 18.0 Å². The molecule has 65 heavy (non-hydrogen) atoms. The highest BCUT2D eigenvalue weighted by Crippen LogP contribution is 2.17. The predicted octanol–water partition coefficient (Wildman–Crippen LogP) is 4.87. The van der Waals surface area contributed by atoms with Crippen molar-refractivity contribution < 1.29 is 72.3 Å². The van der Waals surface area contributed by atoms with Gasteiger partial charge in [0.15, 0.2) is 5.78 Å². The van der Waals surface area contributed by atoms with Crippen molar-refractivity contribution in [2.75, 3.05) is 72.6 Å². The van der Waals surface area contributed by atoms with Gasteiger partial charge in [-0.15, -0.1) is 0 Å². The van der Waals surface area contributed by atoms with Crippen LogP contribution in [0.25, 0.3) is 0 Å². The lowest BCUT2D eigenvalue weighted by atomic mass is 9.89. The Balaban J connectivity index is 1.94. The summed E-state index contributed by atoms with van der Waals surface area (Å²) in [6.07, 6.45) is 9.50. The van der Waals surface area contributed by atoms with E-state index in [1.165, 1.54) is 19.1 Å². The van der Waals surface area contributed by atoms with Crippen LogP contribution in [0.5, 0.6) is 5.75 Å². The molecule has 0 aliphatic rings. The average Bonchev–Trinajstić information content (AvgIpc) is 3.26. The van der Waals surface area contributed by atoms with Gasteiger partial charge >= 0.3 is 11.9 Å². The third-order valence-corrected chi connectivity index (χ3v) is 10.2. The zero-order chi connectivity index (χ0) is 48.1. The Morgan fingerprint density at radius 2 is 1.18 bits per heavy atom. The minimum atomic E-state index is -1.21. The van der Waals surface area contributed by atoms with Crippen molar-refractivity contribution in [2.45, 2.75) is 130 Å². The quantitative estimate of drug-likeness (QED) is 0.0548. The number of carboxylic acid groups (broad SMARTS) is 2. The van der Waals surface area contributed by atoms with Crippen LogP contribution in [0.3, 0.4) is 0 Å². The van der Waals surface area contributed by atoms with Crippen LogP contribution >= 0.6 is 0 Å². The molecule has 0 bridgehead atoms. The third-order valence-electron chi connectivity index (χ3n) is 10.2. The number of rotatable bonds is 43. The molecule has 0 aromatic heterocycles. The molecule has 0 saturated heterocycles. The van der Waals surface area contributed by atoms with E-state index in [0.29, 0.717) is 51.2 Å². The summed E-state index contributed by atoms with van der Waals surface area (Å²) in [5, 5.41) is 26.4. The van der Waals surface area contributed by atoms with Crippen LogP contribution in [0.4, 0.5) is 0 Å². The number of amides is 3. The van der Waals surface area contributed by atoms with Gasteiger partial charge < -0.3 is 49.8 Å². The van der Waals surface area contributed by atoms with Gasteiger partial charge in [0.05, 0.1) is 45.2 Å². The number of aliphatic carboxylic acids is 1. The molecule has 368 valence electrons. The van der Waals surface area contributed by atoms with Crippen molar-refractivity contribution in [1.82, 2.24) is 16.0 Å². The van der Waals surface area contributed by atoms with Gasteiger partial charge in [-0.1, -0.05) is 52.4 Å². The van der Waals surface area contributed by atoms with Crippen molar-refractivity contribution in [3.63, 3.8) is 0 Å². The largest absolute Gasteiger partial charge is 0.494 e. The Labute approximate surface area is 383 Å². The Kier molecular flexibility index (Phi) is 33.5. The maximum absolute atomic E-state index is 12.3. The highest BCUT2D eigenvalue weighted by Gasteiger charge is 2.21. The van der Waals surface area contributed by atoms with Crippen LogP contribution in [-0.2, 0) is 52.5 Å². The topological polar surface area (TPSA) is 259 Å². The molecule has 2 atom stereocenters. The maximum Gasteiger partial charge on any atom is 0.335 e. The first-order valence-corrected chi connectivity index (χ1v) is 23.1. The Hall–Kier alpha value is -4.78. The van der Waals surface area contributed by atoms with E-state index in [1.807, 2.05) is 13.8 Å². The zero-order valence-corrected chi connectivity index (χ0v) is 38.8. The number of ketones is 3. The van der Waals surface area contributed by atoms with E-state index in [4.69, 9.17) is 28.8 Å². The number of carbonyl (C=O) groups is 8. The molecule has 5 N–H and O–H groups in total. The number of unbranched alkanes of at least 4 members (excludes halogenated alkanes) is 7. The summed E-state index contributed by atoms with van der Waals surface area (Å²) in [7, 11) is 0. The SMILES string of the molecule is CC(=O)[C@H](CCCCNC(=O)COCCOCCCC(=O)COCCOCCNC(=O)CC[C@H](NC(=O)CCCCCCCCCOc1ccc(C(=O)O)cc1)C(=O)O)CC(=O)C(C)C. The van der Waals surface area contributed by atoms with Crippen molar-refractivity contribution in [3.8, 4) is 5.75 Å². The van der Waals surface area contributed by atoms with Gasteiger partial charge in [-0.3, -0.25) is 28.8 Å². The number of aromatic carboxylic acids is 1. The van der Waals surface area contributed by atoms with Gasteiger partial charge in [0, 0.05) is 57.2 Å². The zero-order valence-electron chi connectivity index (χ0n) is 38.8. The second-order valence-electron chi connectivity index (χ2n) is 16.2. The molecular weight excluding hydrogens is 847 g/mol. The van der Waals surface area contributed by atoms with Crippen molar-refractivity contribution in [1.29, 1.82) is 0 Å². The molecule has 0 aliphatic heterocycles. The Bertz CT molecular complexity index is 1550. The summed E-state index contributed by atoms with van der Waals surface area (Å²) in [5.41, 5.74) is 0.213. The van der Waals surface area contributed by atoms with Crippen LogP contribution in [0.1, 0.15) is 134 Å². The maximum atomic E-state index is 12.3. The summed E-state index contributed by atoms with van der Waals surface area (Å²) in [6.45, 7) is 7.67. The highest BCUT2D eigenvalue weighted by molar-refractivity contribution is 5.88. The molecule has 0 radical (unpaired) electrons. The summed E-state index contributed by atoms with van der Waals surface area (Å²) in [6, 6.07) is 5.13. The van der Waals surface area contributed by atoms with Crippen molar-refractivity contribution >= 4 is 47.0 Å². The average molecular weight is 922 g/mol. The van der Waals surface area contributed by atoms with Gasteiger partial charge in [0.2, 0.25) is 17.7 Å². The fourth-order valence-electron chi connectivity index (χ4n) is 6.26. The van der Waals surface area contributed by atoms with E-state index in [1.54, 1.807) is 12.1 Å². The molecule has 0 saturated carbocycles. The van der Waals surface area contributed by atoms with Crippen LogP contribution in [0.2, 0.25) is 0 Å². The molecule has 0 unspecified atom stereocenters. The molecule has 1 aromatic carbocycles. The van der Waals surface area contributed by atoms with E-state index in [2.05, 4.69) is 16.0 Å².